The van der Waals surface area contributed by atoms with E-state index in [1.807, 2.05) is 62.4 Å². The molecule has 0 aliphatic heterocycles. The SMILES string of the molecule is Cc1ccccc1[C@H](NC(=O)N(C)CC(C)(C)CO)c1ccccc1. The fraction of sp³-hybridized carbons (Fsp3) is 0.381. The molecule has 0 aliphatic carbocycles. The molecular formula is C21H28N2O2. The van der Waals surface area contributed by atoms with Gasteiger partial charge in [-0.05, 0) is 23.6 Å². The molecular weight excluding hydrogens is 312 g/mol. The van der Waals surface area contributed by atoms with Gasteiger partial charge in [-0.1, -0.05) is 68.4 Å². The van der Waals surface area contributed by atoms with Crippen molar-refractivity contribution < 1.29 is 9.90 Å². The van der Waals surface area contributed by atoms with Gasteiger partial charge in [0.05, 0.1) is 6.04 Å². The maximum Gasteiger partial charge on any atom is 0.317 e. The van der Waals surface area contributed by atoms with Crippen LogP contribution < -0.4 is 5.32 Å². The van der Waals surface area contributed by atoms with Crippen LogP contribution >= 0.6 is 0 Å². The molecule has 4 heteroatoms. The minimum atomic E-state index is -0.336. The average molecular weight is 340 g/mol. The molecule has 0 unspecified atom stereocenters. The first-order valence-electron chi connectivity index (χ1n) is 8.57. The van der Waals surface area contributed by atoms with Gasteiger partial charge in [-0.15, -0.1) is 0 Å². The van der Waals surface area contributed by atoms with Crippen molar-refractivity contribution in [2.24, 2.45) is 5.41 Å². The monoisotopic (exact) mass is 340 g/mol. The van der Waals surface area contributed by atoms with Crippen LogP contribution in [0.5, 0.6) is 0 Å². The summed E-state index contributed by atoms with van der Waals surface area (Å²) in [5.74, 6) is 0. The van der Waals surface area contributed by atoms with E-state index in [1.165, 1.54) is 0 Å². The number of aliphatic hydroxyl groups is 1. The summed E-state index contributed by atoms with van der Waals surface area (Å²) < 4.78 is 0. The zero-order valence-corrected chi connectivity index (χ0v) is 15.5. The van der Waals surface area contributed by atoms with Crippen LogP contribution in [0.15, 0.2) is 54.6 Å². The number of aryl methyl sites for hydroxylation is 1. The number of urea groups is 1. The normalized spacial score (nSPS) is 12.5. The van der Waals surface area contributed by atoms with Crippen LogP contribution in [-0.4, -0.2) is 36.2 Å². The highest BCUT2D eigenvalue weighted by Gasteiger charge is 2.24. The largest absolute Gasteiger partial charge is 0.396 e. The van der Waals surface area contributed by atoms with E-state index in [0.717, 1.165) is 16.7 Å². The number of hydrogen-bond acceptors (Lipinski definition) is 2. The molecule has 2 N–H and O–H groups in total. The van der Waals surface area contributed by atoms with Gasteiger partial charge in [0.2, 0.25) is 0 Å². The van der Waals surface area contributed by atoms with Crippen molar-refractivity contribution in [3.8, 4) is 0 Å². The van der Waals surface area contributed by atoms with E-state index in [9.17, 15) is 9.90 Å². The van der Waals surface area contributed by atoms with Crippen LogP contribution in [-0.2, 0) is 0 Å². The first-order chi connectivity index (χ1) is 11.8. The average Bonchev–Trinajstić information content (AvgIpc) is 2.60. The smallest absolute Gasteiger partial charge is 0.317 e. The lowest BCUT2D eigenvalue weighted by Gasteiger charge is -2.30. The molecule has 25 heavy (non-hydrogen) atoms. The molecule has 2 aromatic carbocycles. The predicted octanol–water partition coefficient (Wildman–Crippen LogP) is 3.74. The van der Waals surface area contributed by atoms with Gasteiger partial charge in [0.25, 0.3) is 0 Å². The minimum absolute atomic E-state index is 0.0323. The second kappa shape index (κ2) is 8.17. The van der Waals surface area contributed by atoms with Gasteiger partial charge in [-0.3, -0.25) is 0 Å². The number of aliphatic hydroxyl groups excluding tert-OH is 1. The molecule has 2 aromatic rings. The lowest BCUT2D eigenvalue weighted by molar-refractivity contribution is 0.121. The van der Waals surface area contributed by atoms with E-state index < -0.39 is 0 Å². The number of hydrogen-bond donors (Lipinski definition) is 2. The molecule has 0 fully saturated rings. The Hall–Kier alpha value is -2.33. The van der Waals surface area contributed by atoms with Gasteiger partial charge in [-0.25, -0.2) is 4.79 Å². The Morgan fingerprint density at radius 1 is 1.12 bits per heavy atom. The Labute approximate surface area is 150 Å². The molecule has 2 rings (SSSR count). The summed E-state index contributed by atoms with van der Waals surface area (Å²) in [5, 5.41) is 12.6. The lowest BCUT2D eigenvalue weighted by atomic mass is 9.94. The van der Waals surface area contributed by atoms with Crippen molar-refractivity contribution in [1.29, 1.82) is 0 Å². The van der Waals surface area contributed by atoms with E-state index in [-0.39, 0.29) is 24.1 Å². The van der Waals surface area contributed by atoms with Gasteiger partial charge >= 0.3 is 6.03 Å². The van der Waals surface area contributed by atoms with Crippen LogP contribution in [0.4, 0.5) is 4.79 Å². The highest BCUT2D eigenvalue weighted by atomic mass is 16.3. The topological polar surface area (TPSA) is 52.6 Å². The Morgan fingerprint density at radius 2 is 1.72 bits per heavy atom. The molecule has 0 aromatic heterocycles. The zero-order chi connectivity index (χ0) is 18.4. The lowest BCUT2D eigenvalue weighted by Crippen LogP contribution is -2.44. The quantitative estimate of drug-likeness (QED) is 0.841. The fourth-order valence-electron chi connectivity index (χ4n) is 2.89. The number of amides is 2. The number of nitrogens with zero attached hydrogens (tertiary/aromatic N) is 1. The van der Waals surface area contributed by atoms with Crippen molar-refractivity contribution >= 4 is 6.03 Å². The van der Waals surface area contributed by atoms with Gasteiger partial charge in [-0.2, -0.15) is 0 Å². The number of carbonyl (C=O) groups excluding carboxylic acids is 1. The van der Waals surface area contributed by atoms with Gasteiger partial charge in [0.15, 0.2) is 0 Å². The van der Waals surface area contributed by atoms with Crippen molar-refractivity contribution in [3.05, 3.63) is 71.3 Å². The molecule has 4 nitrogen and oxygen atoms in total. The minimum Gasteiger partial charge on any atom is -0.396 e. The fourth-order valence-corrected chi connectivity index (χ4v) is 2.89. The summed E-state index contributed by atoms with van der Waals surface area (Å²) in [5.41, 5.74) is 2.92. The summed E-state index contributed by atoms with van der Waals surface area (Å²) >= 11 is 0. The Kier molecular flexibility index (Phi) is 6.21. The van der Waals surface area contributed by atoms with Crippen molar-refractivity contribution in [1.82, 2.24) is 10.2 Å². The summed E-state index contributed by atoms with van der Waals surface area (Å²) in [7, 11) is 1.76. The molecule has 2 amide bonds. The van der Waals surface area contributed by atoms with Crippen LogP contribution in [0.2, 0.25) is 0 Å². The van der Waals surface area contributed by atoms with Gasteiger partial charge in [0, 0.05) is 25.6 Å². The molecule has 0 radical (unpaired) electrons. The zero-order valence-electron chi connectivity index (χ0n) is 15.5. The Morgan fingerprint density at radius 3 is 2.32 bits per heavy atom. The molecule has 0 saturated carbocycles. The van der Waals surface area contributed by atoms with Crippen LogP contribution in [0.3, 0.4) is 0 Å². The number of rotatable bonds is 6. The van der Waals surface area contributed by atoms with Crippen molar-refractivity contribution in [2.45, 2.75) is 26.8 Å². The number of carbonyl (C=O) groups is 1. The Bertz CT molecular complexity index is 698. The maximum absolute atomic E-state index is 12.7. The molecule has 1 atom stereocenters. The first-order valence-corrected chi connectivity index (χ1v) is 8.57. The maximum atomic E-state index is 12.7. The molecule has 0 bridgehead atoms. The summed E-state index contributed by atoms with van der Waals surface area (Å²) in [4.78, 5) is 14.4. The van der Waals surface area contributed by atoms with E-state index in [4.69, 9.17) is 0 Å². The third kappa shape index (κ3) is 5.07. The van der Waals surface area contributed by atoms with Gasteiger partial charge in [0.1, 0.15) is 0 Å². The summed E-state index contributed by atoms with van der Waals surface area (Å²) in [6, 6.07) is 17.7. The standard InChI is InChI=1S/C21H28N2O2/c1-16-10-8-9-13-18(16)19(17-11-6-5-7-12-17)22-20(25)23(4)14-21(2,3)15-24/h5-13,19,24H,14-15H2,1-4H3,(H,22,25)/t19-/m1/s1. The Balaban J connectivity index is 2.26. The van der Waals surface area contributed by atoms with Crippen molar-refractivity contribution in [3.63, 3.8) is 0 Å². The molecule has 0 heterocycles. The van der Waals surface area contributed by atoms with Crippen LogP contribution in [0.25, 0.3) is 0 Å². The van der Waals surface area contributed by atoms with Crippen LogP contribution in [0.1, 0.15) is 36.6 Å². The third-order valence-electron chi connectivity index (χ3n) is 4.34. The van der Waals surface area contributed by atoms with E-state index in [1.54, 1.807) is 11.9 Å². The van der Waals surface area contributed by atoms with Crippen LogP contribution in [0, 0.1) is 12.3 Å². The number of nitrogens with one attached hydrogen (secondary N) is 1. The molecule has 134 valence electrons. The van der Waals surface area contributed by atoms with Gasteiger partial charge < -0.3 is 15.3 Å². The second-order valence-electron chi connectivity index (χ2n) is 7.33. The third-order valence-corrected chi connectivity index (χ3v) is 4.34. The number of benzene rings is 2. The molecule has 0 saturated heterocycles. The summed E-state index contributed by atoms with van der Waals surface area (Å²) in [6.45, 7) is 6.44. The second-order valence-corrected chi connectivity index (χ2v) is 7.33. The van der Waals surface area contributed by atoms with E-state index >= 15 is 0 Å². The van der Waals surface area contributed by atoms with E-state index in [2.05, 4.69) is 18.3 Å². The molecule has 0 aliphatic rings. The predicted molar refractivity (Wildman–Crippen MR) is 101 cm³/mol. The first kappa shape index (κ1) is 19.0. The molecule has 0 spiro atoms. The van der Waals surface area contributed by atoms with Crippen molar-refractivity contribution in [2.75, 3.05) is 20.2 Å². The van der Waals surface area contributed by atoms with E-state index in [0.29, 0.717) is 6.54 Å². The highest BCUT2D eigenvalue weighted by Crippen LogP contribution is 2.25. The highest BCUT2D eigenvalue weighted by molar-refractivity contribution is 5.75. The summed E-state index contributed by atoms with van der Waals surface area (Å²) in [6.07, 6.45) is 0.